The summed E-state index contributed by atoms with van der Waals surface area (Å²) in [7, 11) is 1.78. The number of carboxylic acids is 1. The van der Waals surface area contributed by atoms with Crippen LogP contribution in [0.5, 0.6) is 0 Å². The summed E-state index contributed by atoms with van der Waals surface area (Å²) in [6, 6.07) is 1.71. The van der Waals surface area contributed by atoms with E-state index in [0.29, 0.717) is 31.0 Å². The van der Waals surface area contributed by atoms with Gasteiger partial charge in [0.2, 0.25) is 11.7 Å². The molecule has 0 spiro atoms. The lowest BCUT2D eigenvalue weighted by atomic mass is 10.2. The largest absolute Gasteiger partial charge is 0.475 e. The van der Waals surface area contributed by atoms with Gasteiger partial charge in [-0.2, -0.15) is 0 Å². The third kappa shape index (κ3) is 2.53. The monoisotopic (exact) mass is 252 g/mol. The first kappa shape index (κ1) is 12.6. The van der Waals surface area contributed by atoms with E-state index in [1.807, 2.05) is 4.90 Å². The summed E-state index contributed by atoms with van der Waals surface area (Å²) < 4.78 is 5.27. The van der Waals surface area contributed by atoms with Gasteiger partial charge in [0.25, 0.3) is 0 Å². The molecule has 1 amide bonds. The average Bonchev–Trinajstić information content (AvgIpc) is 2.65. The van der Waals surface area contributed by atoms with Crippen molar-refractivity contribution in [1.82, 2.24) is 9.80 Å². The fourth-order valence-corrected chi connectivity index (χ4v) is 2.00. The van der Waals surface area contributed by atoms with Crippen LogP contribution in [0.15, 0.2) is 10.5 Å². The number of furan rings is 1. The average molecular weight is 252 g/mol. The maximum atomic E-state index is 11.5. The number of hydrogen-bond acceptors (Lipinski definition) is 4. The van der Waals surface area contributed by atoms with Crippen LogP contribution in [0.1, 0.15) is 21.9 Å². The Morgan fingerprint density at radius 3 is 2.78 bits per heavy atom. The quantitative estimate of drug-likeness (QED) is 0.850. The van der Waals surface area contributed by atoms with E-state index in [0.717, 1.165) is 6.54 Å². The Morgan fingerprint density at radius 1 is 1.50 bits per heavy atom. The Hall–Kier alpha value is -1.82. The van der Waals surface area contributed by atoms with E-state index in [-0.39, 0.29) is 11.7 Å². The van der Waals surface area contributed by atoms with Gasteiger partial charge in [0, 0.05) is 25.7 Å². The molecule has 6 heteroatoms. The molecule has 0 aromatic carbocycles. The highest BCUT2D eigenvalue weighted by Gasteiger charge is 2.23. The lowest BCUT2D eigenvalue weighted by Crippen LogP contribution is -2.47. The number of carbonyl (C=O) groups is 2. The molecule has 2 heterocycles. The zero-order chi connectivity index (χ0) is 13.3. The summed E-state index contributed by atoms with van der Waals surface area (Å²) >= 11 is 0. The van der Waals surface area contributed by atoms with Gasteiger partial charge in [-0.1, -0.05) is 0 Å². The summed E-state index contributed by atoms with van der Waals surface area (Å²) in [6.45, 7) is 3.96. The van der Waals surface area contributed by atoms with Gasteiger partial charge in [-0.05, 0) is 13.0 Å². The Kier molecular flexibility index (Phi) is 3.38. The van der Waals surface area contributed by atoms with Crippen LogP contribution in [0.25, 0.3) is 0 Å². The highest BCUT2D eigenvalue weighted by molar-refractivity contribution is 5.86. The molecular weight excluding hydrogens is 236 g/mol. The standard InChI is InChI=1S/C12H16N2O4/c1-8-5-9(18-11(8)12(16)17)6-14-4-3-13(2)10(15)7-14/h5H,3-4,6-7H2,1-2H3,(H,16,17). The zero-order valence-electron chi connectivity index (χ0n) is 10.5. The molecule has 0 bridgehead atoms. The van der Waals surface area contributed by atoms with E-state index in [4.69, 9.17) is 9.52 Å². The van der Waals surface area contributed by atoms with Crippen molar-refractivity contribution in [3.63, 3.8) is 0 Å². The molecule has 1 aromatic heterocycles. The van der Waals surface area contributed by atoms with Gasteiger partial charge in [0.1, 0.15) is 5.76 Å². The van der Waals surface area contributed by atoms with Crippen LogP contribution in [0, 0.1) is 6.92 Å². The predicted octanol–water partition coefficient (Wildman–Crippen LogP) is 0.560. The second kappa shape index (κ2) is 4.81. The summed E-state index contributed by atoms with van der Waals surface area (Å²) in [6.07, 6.45) is 0. The van der Waals surface area contributed by atoms with Crippen LogP contribution in [-0.2, 0) is 11.3 Å². The number of carboxylic acid groups (broad SMARTS) is 1. The Morgan fingerprint density at radius 2 is 2.22 bits per heavy atom. The highest BCUT2D eigenvalue weighted by Crippen LogP contribution is 2.17. The molecule has 1 aliphatic heterocycles. The molecule has 6 nitrogen and oxygen atoms in total. The molecule has 0 radical (unpaired) electrons. The Bertz CT molecular complexity index is 480. The van der Waals surface area contributed by atoms with Gasteiger partial charge in [-0.25, -0.2) is 4.79 Å². The van der Waals surface area contributed by atoms with Crippen LogP contribution in [-0.4, -0.2) is 53.5 Å². The first-order valence-electron chi connectivity index (χ1n) is 5.76. The van der Waals surface area contributed by atoms with Crippen molar-refractivity contribution in [2.75, 3.05) is 26.7 Å². The number of hydrogen-bond donors (Lipinski definition) is 1. The number of rotatable bonds is 3. The minimum Gasteiger partial charge on any atom is -0.475 e. The van der Waals surface area contributed by atoms with Crippen molar-refractivity contribution >= 4 is 11.9 Å². The minimum atomic E-state index is -1.06. The SMILES string of the molecule is Cc1cc(CN2CCN(C)C(=O)C2)oc1C(=O)O. The summed E-state index contributed by atoms with van der Waals surface area (Å²) in [5, 5.41) is 8.89. The number of amides is 1. The first-order chi connectivity index (χ1) is 8.47. The smallest absolute Gasteiger partial charge is 0.372 e. The third-order valence-corrected chi connectivity index (χ3v) is 3.08. The van der Waals surface area contributed by atoms with Crippen LogP contribution in [0.2, 0.25) is 0 Å². The molecule has 0 unspecified atom stereocenters. The molecular formula is C12H16N2O4. The van der Waals surface area contributed by atoms with Crippen LogP contribution >= 0.6 is 0 Å². The van der Waals surface area contributed by atoms with Gasteiger partial charge in [0.15, 0.2) is 0 Å². The molecule has 1 saturated heterocycles. The Labute approximate surface area is 105 Å². The maximum Gasteiger partial charge on any atom is 0.372 e. The van der Waals surface area contributed by atoms with Crippen molar-refractivity contribution < 1.29 is 19.1 Å². The number of likely N-dealkylation sites (N-methyl/N-ethyl adjacent to an activating group) is 1. The van der Waals surface area contributed by atoms with E-state index in [1.54, 1.807) is 24.9 Å². The molecule has 1 aliphatic rings. The van der Waals surface area contributed by atoms with Crippen LogP contribution in [0.3, 0.4) is 0 Å². The zero-order valence-corrected chi connectivity index (χ0v) is 10.5. The van der Waals surface area contributed by atoms with Crippen molar-refractivity contribution in [3.8, 4) is 0 Å². The molecule has 0 saturated carbocycles. The minimum absolute atomic E-state index is 0.0227. The van der Waals surface area contributed by atoms with E-state index < -0.39 is 5.97 Å². The molecule has 1 N–H and O–H groups in total. The number of aromatic carboxylic acids is 1. The molecule has 2 rings (SSSR count). The molecule has 98 valence electrons. The van der Waals surface area contributed by atoms with Crippen LogP contribution in [0.4, 0.5) is 0 Å². The number of aryl methyl sites for hydroxylation is 1. The first-order valence-corrected chi connectivity index (χ1v) is 5.76. The topological polar surface area (TPSA) is 74.0 Å². The molecule has 1 fully saturated rings. The molecule has 18 heavy (non-hydrogen) atoms. The fourth-order valence-electron chi connectivity index (χ4n) is 2.00. The number of carbonyl (C=O) groups excluding carboxylic acids is 1. The van der Waals surface area contributed by atoms with Crippen LogP contribution < -0.4 is 0 Å². The summed E-state index contributed by atoms with van der Waals surface area (Å²) in [4.78, 5) is 26.0. The van der Waals surface area contributed by atoms with E-state index in [1.165, 1.54) is 0 Å². The van der Waals surface area contributed by atoms with Gasteiger partial charge in [-0.15, -0.1) is 0 Å². The number of nitrogens with zero attached hydrogens (tertiary/aromatic N) is 2. The summed E-state index contributed by atoms with van der Waals surface area (Å²) in [5.74, 6) is -0.427. The van der Waals surface area contributed by atoms with Gasteiger partial charge in [-0.3, -0.25) is 9.69 Å². The van der Waals surface area contributed by atoms with Gasteiger partial charge < -0.3 is 14.4 Å². The third-order valence-electron chi connectivity index (χ3n) is 3.08. The fraction of sp³-hybridized carbons (Fsp3) is 0.500. The van der Waals surface area contributed by atoms with Crippen molar-refractivity contribution in [3.05, 3.63) is 23.2 Å². The Balaban J connectivity index is 2.04. The maximum absolute atomic E-state index is 11.5. The van der Waals surface area contributed by atoms with E-state index >= 15 is 0 Å². The van der Waals surface area contributed by atoms with Crippen molar-refractivity contribution in [2.24, 2.45) is 0 Å². The number of piperazine rings is 1. The van der Waals surface area contributed by atoms with E-state index in [2.05, 4.69) is 0 Å². The second-order valence-corrected chi connectivity index (χ2v) is 4.56. The summed E-state index contributed by atoms with van der Waals surface area (Å²) in [5.41, 5.74) is 0.609. The van der Waals surface area contributed by atoms with Crippen molar-refractivity contribution in [2.45, 2.75) is 13.5 Å². The van der Waals surface area contributed by atoms with Crippen molar-refractivity contribution in [1.29, 1.82) is 0 Å². The van der Waals surface area contributed by atoms with Gasteiger partial charge in [0.05, 0.1) is 13.1 Å². The predicted molar refractivity (Wildman–Crippen MR) is 63.3 cm³/mol. The lowest BCUT2D eigenvalue weighted by Gasteiger charge is -2.31. The molecule has 1 aromatic rings. The molecule has 0 aliphatic carbocycles. The van der Waals surface area contributed by atoms with E-state index in [9.17, 15) is 9.59 Å². The normalized spacial score (nSPS) is 17.2. The highest BCUT2D eigenvalue weighted by atomic mass is 16.4. The molecule has 0 atom stereocenters. The lowest BCUT2D eigenvalue weighted by molar-refractivity contribution is -0.134. The second-order valence-electron chi connectivity index (χ2n) is 4.56. The van der Waals surface area contributed by atoms with Gasteiger partial charge >= 0.3 is 5.97 Å².